The van der Waals surface area contributed by atoms with Gasteiger partial charge < -0.3 is 10.2 Å². The number of amidine groups is 1. The van der Waals surface area contributed by atoms with E-state index in [9.17, 15) is 18.0 Å². The molecule has 2 N–H and O–H groups in total. The van der Waals surface area contributed by atoms with Crippen LogP contribution in [0.25, 0.3) is 0 Å². The highest BCUT2D eigenvalue weighted by atomic mass is 32.2. The molecule has 2 amide bonds. The number of carbonyl (C=O) groups excluding carboxylic acids is 2. The van der Waals surface area contributed by atoms with Crippen LogP contribution in [-0.4, -0.2) is 44.1 Å². The number of anilines is 1. The van der Waals surface area contributed by atoms with Gasteiger partial charge in [0.1, 0.15) is 5.84 Å². The van der Waals surface area contributed by atoms with E-state index in [4.69, 9.17) is 0 Å². The van der Waals surface area contributed by atoms with Gasteiger partial charge >= 0.3 is 0 Å². The monoisotopic (exact) mass is 440 g/mol. The zero-order valence-corrected chi connectivity index (χ0v) is 17.8. The van der Waals surface area contributed by atoms with Gasteiger partial charge in [-0.15, -0.1) is 0 Å². The second-order valence-electron chi connectivity index (χ2n) is 7.64. The van der Waals surface area contributed by atoms with Gasteiger partial charge in [-0.2, -0.15) is 0 Å². The van der Waals surface area contributed by atoms with E-state index in [2.05, 4.69) is 15.0 Å². The Balaban J connectivity index is 1.46. The van der Waals surface area contributed by atoms with Gasteiger partial charge in [0, 0.05) is 43.7 Å². The minimum atomic E-state index is -3.76. The van der Waals surface area contributed by atoms with Crippen molar-refractivity contribution in [2.75, 3.05) is 18.4 Å². The average molecular weight is 441 g/mol. The van der Waals surface area contributed by atoms with Gasteiger partial charge in [0.2, 0.25) is 5.91 Å². The number of likely N-dealkylation sites (tertiary alicyclic amines) is 1. The van der Waals surface area contributed by atoms with Crippen molar-refractivity contribution >= 4 is 33.4 Å². The Morgan fingerprint density at radius 3 is 2.65 bits per heavy atom. The third kappa shape index (κ3) is 5.11. The van der Waals surface area contributed by atoms with Crippen molar-refractivity contribution in [3.8, 4) is 0 Å². The van der Waals surface area contributed by atoms with Crippen LogP contribution in [0.2, 0.25) is 0 Å². The number of sulfonamides is 1. The van der Waals surface area contributed by atoms with Crippen LogP contribution in [-0.2, 0) is 21.4 Å². The Labute approximate surface area is 181 Å². The molecule has 31 heavy (non-hydrogen) atoms. The van der Waals surface area contributed by atoms with Gasteiger partial charge in [0.25, 0.3) is 15.9 Å². The summed E-state index contributed by atoms with van der Waals surface area (Å²) in [6.45, 7) is 1.83. The Hall–Kier alpha value is -3.20. The van der Waals surface area contributed by atoms with Crippen LogP contribution in [0.4, 0.5) is 5.69 Å². The van der Waals surface area contributed by atoms with Gasteiger partial charge in [-0.1, -0.05) is 18.2 Å². The quantitative estimate of drug-likeness (QED) is 0.720. The summed E-state index contributed by atoms with van der Waals surface area (Å²) in [6.07, 6.45) is 2.87. The first-order chi connectivity index (χ1) is 14.9. The fourth-order valence-electron chi connectivity index (χ4n) is 3.68. The summed E-state index contributed by atoms with van der Waals surface area (Å²) < 4.78 is 27.7. The lowest BCUT2D eigenvalue weighted by atomic mass is 10.1. The minimum absolute atomic E-state index is 0.0567. The van der Waals surface area contributed by atoms with Crippen molar-refractivity contribution < 1.29 is 18.0 Å². The first-order valence-electron chi connectivity index (χ1n) is 10.2. The molecule has 0 aliphatic carbocycles. The summed E-state index contributed by atoms with van der Waals surface area (Å²) in [7, 11) is -3.76. The average Bonchev–Trinajstić information content (AvgIpc) is 3.40. The maximum Gasteiger partial charge on any atom is 0.262 e. The summed E-state index contributed by atoms with van der Waals surface area (Å²) in [6, 6.07) is 13.2. The molecule has 162 valence electrons. The normalized spacial score (nSPS) is 16.3. The number of benzene rings is 2. The molecule has 1 saturated heterocycles. The molecule has 4 rings (SSSR count). The van der Waals surface area contributed by atoms with Crippen molar-refractivity contribution in [1.29, 1.82) is 0 Å². The highest BCUT2D eigenvalue weighted by molar-refractivity contribution is 7.90. The fourth-order valence-corrected chi connectivity index (χ4v) is 4.82. The van der Waals surface area contributed by atoms with E-state index >= 15 is 0 Å². The van der Waals surface area contributed by atoms with Crippen LogP contribution in [0.5, 0.6) is 0 Å². The van der Waals surface area contributed by atoms with E-state index in [-0.39, 0.29) is 16.7 Å². The summed E-state index contributed by atoms with van der Waals surface area (Å²) in [5, 5.41) is 2.75. The second-order valence-corrected chi connectivity index (χ2v) is 9.32. The molecular weight excluding hydrogens is 416 g/mol. The summed E-state index contributed by atoms with van der Waals surface area (Å²) in [5.41, 5.74) is 1.69. The van der Waals surface area contributed by atoms with Crippen molar-refractivity contribution in [1.82, 2.24) is 9.62 Å². The number of rotatable bonds is 6. The Morgan fingerprint density at radius 1 is 1.06 bits per heavy atom. The SMILES string of the molecule is O=C(Nc1cccc(S(=O)(=O)NC2=NCCC2)c1)c1cccc(CN2CCCC2=O)c1. The van der Waals surface area contributed by atoms with E-state index in [1.807, 2.05) is 6.07 Å². The molecule has 0 aromatic heterocycles. The molecule has 0 spiro atoms. The Bertz CT molecular complexity index is 1140. The topological polar surface area (TPSA) is 108 Å². The van der Waals surface area contributed by atoms with Crippen LogP contribution in [0.15, 0.2) is 58.4 Å². The first-order valence-corrected chi connectivity index (χ1v) is 11.7. The van der Waals surface area contributed by atoms with Crippen LogP contribution >= 0.6 is 0 Å². The van der Waals surface area contributed by atoms with Gasteiger partial charge in [-0.25, -0.2) is 8.42 Å². The number of amides is 2. The van der Waals surface area contributed by atoms with E-state index in [1.54, 1.807) is 35.2 Å². The van der Waals surface area contributed by atoms with Crippen LogP contribution in [0.1, 0.15) is 41.6 Å². The Morgan fingerprint density at radius 2 is 1.90 bits per heavy atom. The molecule has 2 aromatic rings. The molecule has 0 radical (unpaired) electrons. The maximum absolute atomic E-state index is 12.7. The van der Waals surface area contributed by atoms with Crippen molar-refractivity contribution in [2.45, 2.75) is 37.1 Å². The third-order valence-corrected chi connectivity index (χ3v) is 6.64. The zero-order valence-electron chi connectivity index (χ0n) is 17.0. The maximum atomic E-state index is 12.7. The van der Waals surface area contributed by atoms with Crippen molar-refractivity contribution in [3.63, 3.8) is 0 Å². The highest BCUT2D eigenvalue weighted by Gasteiger charge is 2.21. The van der Waals surface area contributed by atoms with Crippen LogP contribution in [0, 0.1) is 0 Å². The van der Waals surface area contributed by atoms with Gasteiger partial charge in [-0.05, 0) is 48.7 Å². The van der Waals surface area contributed by atoms with E-state index in [0.29, 0.717) is 43.0 Å². The number of nitrogens with one attached hydrogen (secondary N) is 2. The van der Waals surface area contributed by atoms with Gasteiger partial charge in [0.15, 0.2) is 0 Å². The summed E-state index contributed by atoms with van der Waals surface area (Å²) >= 11 is 0. The third-order valence-electron chi connectivity index (χ3n) is 5.26. The number of carbonyl (C=O) groups is 2. The molecular formula is C22H24N4O4S. The summed E-state index contributed by atoms with van der Waals surface area (Å²) in [5.74, 6) is 0.241. The number of hydrogen-bond donors (Lipinski definition) is 2. The van der Waals surface area contributed by atoms with E-state index in [0.717, 1.165) is 24.9 Å². The van der Waals surface area contributed by atoms with E-state index < -0.39 is 10.0 Å². The lowest BCUT2D eigenvalue weighted by molar-refractivity contribution is -0.128. The molecule has 0 bridgehead atoms. The molecule has 0 saturated carbocycles. The summed E-state index contributed by atoms with van der Waals surface area (Å²) in [4.78, 5) is 30.6. The van der Waals surface area contributed by atoms with Crippen molar-refractivity contribution in [2.24, 2.45) is 4.99 Å². The number of nitrogens with zero attached hydrogens (tertiary/aromatic N) is 2. The minimum Gasteiger partial charge on any atom is -0.338 e. The largest absolute Gasteiger partial charge is 0.338 e. The van der Waals surface area contributed by atoms with Gasteiger partial charge in [-0.3, -0.25) is 19.3 Å². The highest BCUT2D eigenvalue weighted by Crippen LogP contribution is 2.19. The van der Waals surface area contributed by atoms with Crippen LogP contribution < -0.4 is 10.0 Å². The molecule has 2 aliphatic rings. The predicted octanol–water partition coefficient (Wildman–Crippen LogP) is 2.53. The number of hydrogen-bond acceptors (Lipinski definition) is 5. The lowest BCUT2D eigenvalue weighted by Gasteiger charge is -2.16. The molecule has 1 fully saturated rings. The second kappa shape index (κ2) is 8.89. The molecule has 2 heterocycles. The van der Waals surface area contributed by atoms with Crippen molar-refractivity contribution in [3.05, 3.63) is 59.7 Å². The molecule has 2 aromatic carbocycles. The predicted molar refractivity (Wildman–Crippen MR) is 117 cm³/mol. The smallest absolute Gasteiger partial charge is 0.262 e. The van der Waals surface area contributed by atoms with Crippen LogP contribution in [0.3, 0.4) is 0 Å². The molecule has 2 aliphatic heterocycles. The molecule has 0 atom stereocenters. The molecule has 0 unspecified atom stereocenters. The fraction of sp³-hybridized carbons (Fsp3) is 0.318. The Kier molecular flexibility index (Phi) is 6.03. The zero-order chi connectivity index (χ0) is 21.8. The standard InChI is InChI=1S/C22H24N4O4S/c27-21-10-4-12-26(21)15-16-5-1-6-17(13-16)22(28)24-18-7-2-8-19(14-18)31(29,30)25-20-9-3-11-23-20/h1-2,5-8,13-14H,3-4,9-12,15H2,(H,23,25)(H,24,28). The number of aliphatic imine (C=N–C) groups is 1. The van der Waals surface area contributed by atoms with Gasteiger partial charge in [0.05, 0.1) is 4.90 Å². The first kappa shape index (κ1) is 21.0. The lowest BCUT2D eigenvalue weighted by Crippen LogP contribution is -2.29. The van der Waals surface area contributed by atoms with E-state index in [1.165, 1.54) is 12.1 Å². The molecule has 8 nitrogen and oxygen atoms in total. The molecule has 9 heteroatoms.